The fourth-order valence-corrected chi connectivity index (χ4v) is 4.76. The minimum Gasteiger partial charge on any atom is -0.362 e. The molecule has 0 unspecified atom stereocenters. The maximum atomic E-state index is 12.8. The van der Waals surface area contributed by atoms with Crippen molar-refractivity contribution in [1.29, 1.82) is 0 Å². The van der Waals surface area contributed by atoms with E-state index in [2.05, 4.69) is 10.3 Å². The highest BCUT2D eigenvalue weighted by atomic mass is 32.2. The van der Waals surface area contributed by atoms with Gasteiger partial charge >= 0.3 is 0 Å². The molecule has 0 aliphatic carbocycles. The lowest BCUT2D eigenvalue weighted by molar-refractivity contribution is 0.0924. The molecular weight excluding hydrogens is 376 g/mol. The van der Waals surface area contributed by atoms with Crippen molar-refractivity contribution in [2.24, 2.45) is 0 Å². The van der Waals surface area contributed by atoms with Gasteiger partial charge in [0.05, 0.1) is 10.5 Å². The normalized spacial score (nSPS) is 16.0. The zero-order valence-electron chi connectivity index (χ0n) is 16.4. The van der Waals surface area contributed by atoms with E-state index in [1.54, 1.807) is 47.5 Å². The van der Waals surface area contributed by atoms with Crippen LogP contribution in [0.5, 0.6) is 0 Å². The molecule has 0 saturated carbocycles. The molecule has 1 amide bonds. The monoisotopic (exact) mass is 402 g/mol. The Labute approximate surface area is 166 Å². The van der Waals surface area contributed by atoms with E-state index in [0.29, 0.717) is 42.2 Å². The van der Waals surface area contributed by atoms with Gasteiger partial charge in [-0.15, -0.1) is 0 Å². The first-order chi connectivity index (χ1) is 13.3. The molecule has 8 heteroatoms. The molecule has 1 aliphatic rings. The average Bonchev–Trinajstić information content (AvgIpc) is 2.68. The van der Waals surface area contributed by atoms with E-state index in [9.17, 15) is 13.2 Å². The number of anilines is 1. The van der Waals surface area contributed by atoms with Gasteiger partial charge in [-0.2, -0.15) is 4.31 Å². The van der Waals surface area contributed by atoms with Gasteiger partial charge in [0.2, 0.25) is 10.0 Å². The first-order valence-corrected chi connectivity index (χ1v) is 10.7. The lowest BCUT2D eigenvalue weighted by atomic mass is 10.1. The number of amides is 1. The second-order valence-electron chi connectivity index (χ2n) is 7.23. The van der Waals surface area contributed by atoms with Gasteiger partial charge in [0.25, 0.3) is 5.91 Å². The molecule has 7 nitrogen and oxygen atoms in total. The highest BCUT2D eigenvalue weighted by Crippen LogP contribution is 2.22. The van der Waals surface area contributed by atoms with E-state index in [1.807, 2.05) is 21.0 Å². The second kappa shape index (κ2) is 8.28. The molecular formula is C20H26N4O3S. The van der Waals surface area contributed by atoms with Crippen molar-refractivity contribution in [1.82, 2.24) is 14.6 Å². The van der Waals surface area contributed by atoms with Gasteiger partial charge < -0.3 is 10.2 Å². The van der Waals surface area contributed by atoms with Crippen LogP contribution in [0.25, 0.3) is 0 Å². The summed E-state index contributed by atoms with van der Waals surface area (Å²) < 4.78 is 27.1. The Balaban J connectivity index is 1.63. The first kappa shape index (κ1) is 20.3. The summed E-state index contributed by atoms with van der Waals surface area (Å²) in [4.78, 5) is 19.0. The van der Waals surface area contributed by atoms with E-state index in [4.69, 9.17) is 0 Å². The van der Waals surface area contributed by atoms with Crippen molar-refractivity contribution in [2.45, 2.75) is 30.7 Å². The third-order valence-electron chi connectivity index (χ3n) is 4.90. The molecule has 1 aromatic heterocycles. The number of aromatic nitrogens is 1. The maximum Gasteiger partial charge on any atom is 0.255 e. The summed E-state index contributed by atoms with van der Waals surface area (Å²) in [5.41, 5.74) is 1.54. The Bertz CT molecular complexity index is 934. The Kier molecular flexibility index (Phi) is 6.00. The van der Waals surface area contributed by atoms with Crippen LogP contribution >= 0.6 is 0 Å². The van der Waals surface area contributed by atoms with Gasteiger partial charge in [-0.05, 0) is 44.0 Å². The van der Waals surface area contributed by atoms with E-state index < -0.39 is 10.0 Å². The van der Waals surface area contributed by atoms with Crippen LogP contribution in [0.15, 0.2) is 47.5 Å². The predicted octanol–water partition coefficient (Wildman–Crippen LogP) is 2.04. The van der Waals surface area contributed by atoms with Gasteiger partial charge in [0.15, 0.2) is 0 Å². The SMILES string of the molecule is Cc1ccc(S(=O)(=O)N2CCC(NC(=O)c3cccnc3N(C)C)CC2)cc1. The number of piperidine rings is 1. The van der Waals surface area contributed by atoms with Crippen LogP contribution in [0.1, 0.15) is 28.8 Å². The second-order valence-corrected chi connectivity index (χ2v) is 9.17. The van der Waals surface area contributed by atoms with Gasteiger partial charge in [-0.1, -0.05) is 17.7 Å². The maximum absolute atomic E-state index is 12.8. The van der Waals surface area contributed by atoms with Crippen LogP contribution in [0, 0.1) is 6.92 Å². The topological polar surface area (TPSA) is 82.6 Å². The molecule has 0 atom stereocenters. The first-order valence-electron chi connectivity index (χ1n) is 9.29. The Hall–Kier alpha value is -2.45. The average molecular weight is 403 g/mol. The van der Waals surface area contributed by atoms with E-state index in [1.165, 1.54) is 4.31 Å². The Morgan fingerprint density at radius 2 is 1.79 bits per heavy atom. The van der Waals surface area contributed by atoms with E-state index >= 15 is 0 Å². The van der Waals surface area contributed by atoms with Crippen LogP contribution in [0.2, 0.25) is 0 Å². The highest BCUT2D eigenvalue weighted by Gasteiger charge is 2.30. The molecule has 0 bridgehead atoms. The van der Waals surface area contributed by atoms with Crippen LogP contribution in [0.3, 0.4) is 0 Å². The van der Waals surface area contributed by atoms with Crippen LogP contribution in [-0.2, 0) is 10.0 Å². The minimum absolute atomic E-state index is 0.0628. The molecule has 28 heavy (non-hydrogen) atoms. The molecule has 3 rings (SSSR count). The number of nitrogens with zero attached hydrogens (tertiary/aromatic N) is 3. The largest absolute Gasteiger partial charge is 0.362 e. The van der Waals surface area contributed by atoms with Gasteiger partial charge in [-0.25, -0.2) is 13.4 Å². The van der Waals surface area contributed by atoms with Crippen LogP contribution in [0.4, 0.5) is 5.82 Å². The van der Waals surface area contributed by atoms with E-state index in [0.717, 1.165) is 5.56 Å². The summed E-state index contributed by atoms with van der Waals surface area (Å²) in [5.74, 6) is 0.427. The number of carbonyl (C=O) groups excluding carboxylic acids is 1. The number of pyridine rings is 1. The molecule has 0 radical (unpaired) electrons. The van der Waals surface area contributed by atoms with Crippen molar-refractivity contribution in [3.8, 4) is 0 Å². The fourth-order valence-electron chi connectivity index (χ4n) is 3.29. The summed E-state index contributed by atoms with van der Waals surface area (Å²) in [6.45, 7) is 2.69. The fraction of sp³-hybridized carbons (Fsp3) is 0.400. The number of sulfonamides is 1. The van der Waals surface area contributed by atoms with Crippen molar-refractivity contribution >= 4 is 21.7 Å². The number of benzene rings is 1. The minimum atomic E-state index is -3.50. The van der Waals surface area contributed by atoms with Gasteiger partial charge in [0, 0.05) is 39.4 Å². The molecule has 2 heterocycles. The number of rotatable bonds is 5. The zero-order valence-corrected chi connectivity index (χ0v) is 17.2. The predicted molar refractivity (Wildman–Crippen MR) is 109 cm³/mol. The van der Waals surface area contributed by atoms with Crippen LogP contribution < -0.4 is 10.2 Å². The summed E-state index contributed by atoms with van der Waals surface area (Å²) in [7, 11) is 0.185. The summed E-state index contributed by atoms with van der Waals surface area (Å²) in [6, 6.07) is 10.3. The Morgan fingerprint density at radius 1 is 1.14 bits per heavy atom. The van der Waals surface area contributed by atoms with E-state index in [-0.39, 0.29) is 11.9 Å². The molecule has 1 saturated heterocycles. The smallest absolute Gasteiger partial charge is 0.255 e. The number of carbonyl (C=O) groups is 1. The molecule has 1 aliphatic heterocycles. The van der Waals surface area contributed by atoms with Crippen molar-refractivity contribution in [3.63, 3.8) is 0 Å². The molecule has 1 fully saturated rings. The number of hydrogen-bond acceptors (Lipinski definition) is 5. The number of hydrogen-bond donors (Lipinski definition) is 1. The standard InChI is InChI=1S/C20H26N4O3S/c1-15-6-8-17(9-7-15)28(26,27)24-13-10-16(11-14-24)22-20(25)18-5-4-12-21-19(18)23(2)3/h4-9,12,16H,10-11,13-14H2,1-3H3,(H,22,25). The molecule has 0 spiro atoms. The molecule has 1 N–H and O–H groups in total. The van der Waals surface area contributed by atoms with Crippen molar-refractivity contribution in [3.05, 3.63) is 53.7 Å². The molecule has 2 aromatic rings. The zero-order chi connectivity index (χ0) is 20.3. The third-order valence-corrected chi connectivity index (χ3v) is 6.82. The summed E-state index contributed by atoms with van der Waals surface area (Å²) in [6.07, 6.45) is 2.81. The quantitative estimate of drug-likeness (QED) is 0.828. The highest BCUT2D eigenvalue weighted by molar-refractivity contribution is 7.89. The number of aryl methyl sites for hydroxylation is 1. The third kappa shape index (κ3) is 4.34. The lowest BCUT2D eigenvalue weighted by Crippen LogP contribution is -2.46. The summed E-state index contributed by atoms with van der Waals surface area (Å²) >= 11 is 0. The van der Waals surface area contributed by atoms with Gasteiger partial charge in [0.1, 0.15) is 5.82 Å². The lowest BCUT2D eigenvalue weighted by Gasteiger charge is -2.31. The molecule has 150 valence electrons. The Morgan fingerprint density at radius 3 is 2.39 bits per heavy atom. The van der Waals surface area contributed by atoms with Gasteiger partial charge in [-0.3, -0.25) is 4.79 Å². The van der Waals surface area contributed by atoms with Crippen LogP contribution in [-0.4, -0.2) is 56.8 Å². The molecule has 1 aromatic carbocycles. The summed E-state index contributed by atoms with van der Waals surface area (Å²) in [5, 5.41) is 3.02. The number of nitrogens with one attached hydrogen (secondary N) is 1. The van der Waals surface area contributed by atoms with Crippen molar-refractivity contribution in [2.75, 3.05) is 32.1 Å². The van der Waals surface area contributed by atoms with Crippen molar-refractivity contribution < 1.29 is 13.2 Å².